The quantitative estimate of drug-likeness (QED) is 0.514. The Kier molecular flexibility index (Phi) is 5.05. The fourth-order valence-electron chi connectivity index (χ4n) is 1.50. The summed E-state index contributed by atoms with van der Waals surface area (Å²) < 4.78 is 5.08. The SMILES string of the molecule is COc1ccccc1NC(=O)C(=O)N/N=C/c1cccs1. The first-order valence-electron chi connectivity index (χ1n) is 6.01. The van der Waals surface area contributed by atoms with Crippen LogP contribution in [0.1, 0.15) is 4.88 Å². The van der Waals surface area contributed by atoms with E-state index >= 15 is 0 Å². The third-order valence-corrected chi connectivity index (χ3v) is 3.27. The number of nitrogens with one attached hydrogen (secondary N) is 2. The van der Waals surface area contributed by atoms with Crippen molar-refractivity contribution in [1.29, 1.82) is 0 Å². The van der Waals surface area contributed by atoms with Crippen LogP contribution in [0.25, 0.3) is 0 Å². The van der Waals surface area contributed by atoms with Gasteiger partial charge in [0.1, 0.15) is 5.75 Å². The van der Waals surface area contributed by atoms with Crippen LogP contribution < -0.4 is 15.5 Å². The van der Waals surface area contributed by atoms with Crippen LogP contribution >= 0.6 is 11.3 Å². The number of ether oxygens (including phenoxy) is 1. The number of hydrogen-bond acceptors (Lipinski definition) is 5. The molecule has 0 aliphatic heterocycles. The van der Waals surface area contributed by atoms with Crippen LogP contribution in [0.5, 0.6) is 5.75 Å². The summed E-state index contributed by atoms with van der Waals surface area (Å²) in [5.41, 5.74) is 2.58. The molecule has 1 aromatic carbocycles. The summed E-state index contributed by atoms with van der Waals surface area (Å²) in [6.45, 7) is 0. The molecule has 108 valence electrons. The zero-order chi connectivity index (χ0) is 15.1. The molecule has 21 heavy (non-hydrogen) atoms. The summed E-state index contributed by atoms with van der Waals surface area (Å²) in [5, 5.41) is 8.06. The normalized spacial score (nSPS) is 10.3. The minimum atomic E-state index is -0.853. The second kappa shape index (κ2) is 7.20. The van der Waals surface area contributed by atoms with Crippen LogP contribution in [-0.4, -0.2) is 25.1 Å². The Morgan fingerprint density at radius 3 is 2.71 bits per heavy atom. The first kappa shape index (κ1) is 14.7. The summed E-state index contributed by atoms with van der Waals surface area (Å²) in [7, 11) is 1.48. The van der Waals surface area contributed by atoms with Crippen molar-refractivity contribution >= 4 is 35.1 Å². The van der Waals surface area contributed by atoms with Crippen LogP contribution in [-0.2, 0) is 9.59 Å². The Hall–Kier alpha value is -2.67. The van der Waals surface area contributed by atoms with E-state index in [0.29, 0.717) is 11.4 Å². The molecule has 1 heterocycles. The van der Waals surface area contributed by atoms with Crippen molar-refractivity contribution in [3.63, 3.8) is 0 Å². The number of carbonyl (C=O) groups excluding carboxylic acids is 2. The largest absolute Gasteiger partial charge is 0.495 e. The molecule has 7 heteroatoms. The van der Waals surface area contributed by atoms with Gasteiger partial charge in [-0.1, -0.05) is 18.2 Å². The van der Waals surface area contributed by atoms with Crippen molar-refractivity contribution in [2.45, 2.75) is 0 Å². The zero-order valence-corrected chi connectivity index (χ0v) is 12.0. The van der Waals surface area contributed by atoms with Crippen LogP contribution in [0.2, 0.25) is 0 Å². The molecule has 0 spiro atoms. The summed E-state index contributed by atoms with van der Waals surface area (Å²) in [5.74, 6) is -1.20. The van der Waals surface area contributed by atoms with E-state index < -0.39 is 11.8 Å². The van der Waals surface area contributed by atoms with E-state index in [4.69, 9.17) is 4.74 Å². The van der Waals surface area contributed by atoms with Crippen molar-refractivity contribution in [3.8, 4) is 5.75 Å². The average Bonchev–Trinajstić information content (AvgIpc) is 3.01. The summed E-state index contributed by atoms with van der Waals surface area (Å²) in [6, 6.07) is 10.5. The minimum Gasteiger partial charge on any atom is -0.495 e. The van der Waals surface area contributed by atoms with Crippen LogP contribution in [0, 0.1) is 0 Å². The van der Waals surface area contributed by atoms with Gasteiger partial charge in [-0.3, -0.25) is 9.59 Å². The molecule has 0 aliphatic rings. The number of hydrazone groups is 1. The zero-order valence-electron chi connectivity index (χ0n) is 11.2. The Labute approximate surface area is 125 Å². The molecule has 0 saturated carbocycles. The first-order valence-corrected chi connectivity index (χ1v) is 6.89. The molecular formula is C14H13N3O3S. The monoisotopic (exact) mass is 303 g/mol. The van der Waals surface area contributed by atoms with E-state index in [-0.39, 0.29) is 0 Å². The third-order valence-electron chi connectivity index (χ3n) is 2.46. The van der Waals surface area contributed by atoms with Crippen molar-refractivity contribution in [2.75, 3.05) is 12.4 Å². The Balaban J connectivity index is 1.92. The maximum atomic E-state index is 11.7. The lowest BCUT2D eigenvalue weighted by Crippen LogP contribution is -2.32. The van der Waals surface area contributed by atoms with Crippen molar-refractivity contribution < 1.29 is 14.3 Å². The van der Waals surface area contributed by atoms with Gasteiger partial charge in [-0.05, 0) is 23.6 Å². The fourth-order valence-corrected chi connectivity index (χ4v) is 2.08. The van der Waals surface area contributed by atoms with Gasteiger partial charge in [0, 0.05) is 4.88 Å². The topological polar surface area (TPSA) is 79.8 Å². The number of carbonyl (C=O) groups is 2. The number of nitrogens with zero attached hydrogens (tertiary/aromatic N) is 1. The minimum absolute atomic E-state index is 0.419. The van der Waals surface area contributed by atoms with Crippen molar-refractivity contribution in [2.24, 2.45) is 5.10 Å². The van der Waals surface area contributed by atoms with E-state index in [0.717, 1.165) is 4.88 Å². The van der Waals surface area contributed by atoms with E-state index in [1.54, 1.807) is 24.3 Å². The molecule has 0 fully saturated rings. The van der Waals surface area contributed by atoms with Crippen molar-refractivity contribution in [3.05, 3.63) is 46.7 Å². The Bertz CT molecular complexity index is 653. The third kappa shape index (κ3) is 4.15. The van der Waals surface area contributed by atoms with Crippen molar-refractivity contribution in [1.82, 2.24) is 5.43 Å². The molecule has 0 radical (unpaired) electrons. The molecule has 0 atom stereocenters. The number of methoxy groups -OCH3 is 1. The molecule has 2 rings (SSSR count). The molecule has 1 aromatic heterocycles. The summed E-state index contributed by atoms with van der Waals surface area (Å²) >= 11 is 1.47. The molecule has 0 unspecified atom stereocenters. The number of rotatable bonds is 4. The maximum Gasteiger partial charge on any atom is 0.329 e. The van der Waals surface area contributed by atoms with Crippen LogP contribution in [0.3, 0.4) is 0 Å². The van der Waals surface area contributed by atoms with Gasteiger partial charge in [0.25, 0.3) is 0 Å². The summed E-state index contributed by atoms with van der Waals surface area (Å²) in [6.07, 6.45) is 1.47. The number of anilines is 1. The lowest BCUT2D eigenvalue weighted by Gasteiger charge is -2.08. The van der Waals surface area contributed by atoms with E-state index in [1.807, 2.05) is 17.5 Å². The molecule has 0 bridgehead atoms. The predicted octanol–water partition coefficient (Wildman–Crippen LogP) is 1.85. The molecular weight excluding hydrogens is 290 g/mol. The van der Waals surface area contributed by atoms with Gasteiger partial charge in [0.05, 0.1) is 19.0 Å². The highest BCUT2D eigenvalue weighted by Crippen LogP contribution is 2.22. The first-order chi connectivity index (χ1) is 10.2. The van der Waals surface area contributed by atoms with Gasteiger partial charge < -0.3 is 10.1 Å². The lowest BCUT2D eigenvalue weighted by atomic mass is 10.3. The van der Waals surface area contributed by atoms with Gasteiger partial charge in [-0.25, -0.2) is 5.43 Å². The number of para-hydroxylation sites is 2. The van der Waals surface area contributed by atoms with Crippen LogP contribution in [0.4, 0.5) is 5.69 Å². The van der Waals surface area contributed by atoms with Gasteiger partial charge in [-0.15, -0.1) is 11.3 Å². The number of benzene rings is 1. The highest BCUT2D eigenvalue weighted by molar-refractivity contribution is 7.11. The predicted molar refractivity (Wildman–Crippen MR) is 81.7 cm³/mol. The van der Waals surface area contributed by atoms with Crippen LogP contribution in [0.15, 0.2) is 46.9 Å². The molecule has 0 aliphatic carbocycles. The van der Waals surface area contributed by atoms with Gasteiger partial charge in [0.2, 0.25) is 0 Å². The molecule has 2 amide bonds. The smallest absolute Gasteiger partial charge is 0.329 e. The second-order valence-corrected chi connectivity index (χ2v) is 4.85. The van der Waals surface area contributed by atoms with E-state index in [1.165, 1.54) is 24.7 Å². The van der Waals surface area contributed by atoms with E-state index in [2.05, 4.69) is 15.8 Å². The highest BCUT2D eigenvalue weighted by Gasteiger charge is 2.14. The summed E-state index contributed by atoms with van der Waals surface area (Å²) in [4.78, 5) is 24.2. The van der Waals surface area contributed by atoms with E-state index in [9.17, 15) is 9.59 Å². The maximum absolute atomic E-state index is 11.7. The second-order valence-electron chi connectivity index (χ2n) is 3.87. The number of hydrogen-bond donors (Lipinski definition) is 2. The fraction of sp³-hybridized carbons (Fsp3) is 0.0714. The van der Waals surface area contributed by atoms with Gasteiger partial charge in [-0.2, -0.15) is 5.10 Å². The standard InChI is InChI=1S/C14H13N3O3S/c1-20-12-7-3-2-6-11(12)16-13(18)14(19)17-15-9-10-5-4-8-21-10/h2-9H,1H3,(H,16,18)(H,17,19)/b15-9+. The molecule has 2 N–H and O–H groups in total. The number of amides is 2. The molecule has 2 aromatic rings. The van der Waals surface area contributed by atoms with Gasteiger partial charge in [0.15, 0.2) is 0 Å². The lowest BCUT2D eigenvalue weighted by molar-refractivity contribution is -0.136. The molecule has 0 saturated heterocycles. The van der Waals surface area contributed by atoms with Gasteiger partial charge >= 0.3 is 11.8 Å². The Morgan fingerprint density at radius 2 is 2.00 bits per heavy atom. The highest BCUT2D eigenvalue weighted by atomic mass is 32.1. The number of thiophene rings is 1. The molecule has 6 nitrogen and oxygen atoms in total. The average molecular weight is 303 g/mol. The Morgan fingerprint density at radius 1 is 1.19 bits per heavy atom.